The van der Waals surface area contributed by atoms with Crippen LogP contribution in [-0.2, 0) is 14.4 Å². The lowest BCUT2D eigenvalue weighted by molar-refractivity contribution is -0.122. The van der Waals surface area contributed by atoms with Crippen LogP contribution in [0.3, 0.4) is 0 Å². The Bertz CT molecular complexity index is 941. The number of carbonyl (C=O) groups excluding carboxylic acids is 3. The molecule has 7 heteroatoms. The average molecular weight is 365 g/mol. The molecule has 2 aliphatic rings. The smallest absolute Gasteiger partial charge is 0.262 e. The number of rotatable bonds is 3. The van der Waals surface area contributed by atoms with Gasteiger partial charge in [-0.15, -0.1) is 0 Å². The first kappa shape index (κ1) is 17.1. The topological polar surface area (TPSA) is 87.7 Å². The van der Waals surface area contributed by atoms with E-state index in [2.05, 4.69) is 10.6 Å². The standard InChI is InChI=1S/C20H19N3O4/c1-12-4-2-3-5-16(12)23-10-13(8-19(23)25)20(26)21-14-6-7-15-17(9-14)27-11-18(24)22-15/h2-7,9,13H,8,10-11H2,1H3,(H,21,26)(H,22,24)/t13-/m0/s1. The Morgan fingerprint density at radius 1 is 1.22 bits per heavy atom. The van der Waals surface area contributed by atoms with Gasteiger partial charge >= 0.3 is 0 Å². The Labute approximate surface area is 156 Å². The zero-order valence-corrected chi connectivity index (χ0v) is 14.8. The number of hydrogen-bond acceptors (Lipinski definition) is 4. The Kier molecular flexibility index (Phi) is 4.27. The number of fused-ring (bicyclic) bond motifs is 1. The van der Waals surface area contributed by atoms with Crippen LogP contribution in [0, 0.1) is 12.8 Å². The fourth-order valence-corrected chi connectivity index (χ4v) is 3.38. The van der Waals surface area contributed by atoms with Crippen molar-refractivity contribution < 1.29 is 19.1 Å². The first-order valence-corrected chi connectivity index (χ1v) is 8.75. The van der Waals surface area contributed by atoms with E-state index < -0.39 is 5.92 Å². The molecule has 2 N–H and O–H groups in total. The van der Waals surface area contributed by atoms with E-state index in [0.717, 1.165) is 11.3 Å². The first-order valence-electron chi connectivity index (χ1n) is 8.75. The van der Waals surface area contributed by atoms with Gasteiger partial charge in [0, 0.05) is 30.4 Å². The number of carbonyl (C=O) groups is 3. The van der Waals surface area contributed by atoms with Crippen LogP contribution in [0.25, 0.3) is 0 Å². The second kappa shape index (κ2) is 6.75. The van der Waals surface area contributed by atoms with E-state index in [1.54, 1.807) is 23.1 Å². The quantitative estimate of drug-likeness (QED) is 0.874. The summed E-state index contributed by atoms with van der Waals surface area (Å²) in [6.45, 7) is 2.25. The second-order valence-electron chi connectivity index (χ2n) is 6.73. The van der Waals surface area contributed by atoms with E-state index in [1.807, 2.05) is 31.2 Å². The molecule has 4 rings (SSSR count). The van der Waals surface area contributed by atoms with E-state index in [-0.39, 0.29) is 30.7 Å². The van der Waals surface area contributed by atoms with Crippen molar-refractivity contribution in [3.63, 3.8) is 0 Å². The summed E-state index contributed by atoms with van der Waals surface area (Å²) in [5.74, 6) is -0.384. The van der Waals surface area contributed by atoms with Crippen molar-refractivity contribution in [2.75, 3.05) is 28.7 Å². The van der Waals surface area contributed by atoms with Crippen molar-refractivity contribution in [2.45, 2.75) is 13.3 Å². The van der Waals surface area contributed by atoms with Crippen LogP contribution in [0.2, 0.25) is 0 Å². The number of aryl methyl sites for hydroxylation is 1. The molecule has 2 aliphatic heterocycles. The molecule has 7 nitrogen and oxygen atoms in total. The molecule has 0 radical (unpaired) electrons. The van der Waals surface area contributed by atoms with Crippen molar-refractivity contribution in [3.05, 3.63) is 48.0 Å². The highest BCUT2D eigenvalue weighted by Gasteiger charge is 2.35. The highest BCUT2D eigenvalue weighted by molar-refractivity contribution is 6.04. The Morgan fingerprint density at radius 2 is 2.04 bits per heavy atom. The molecule has 1 atom stereocenters. The average Bonchev–Trinajstić information content (AvgIpc) is 3.04. The molecule has 0 spiro atoms. The van der Waals surface area contributed by atoms with Crippen LogP contribution < -0.4 is 20.3 Å². The molecule has 1 saturated heterocycles. The molecule has 138 valence electrons. The third-order valence-corrected chi connectivity index (χ3v) is 4.78. The minimum Gasteiger partial charge on any atom is -0.482 e. The van der Waals surface area contributed by atoms with Crippen molar-refractivity contribution >= 4 is 34.8 Å². The van der Waals surface area contributed by atoms with E-state index in [0.29, 0.717) is 23.7 Å². The van der Waals surface area contributed by atoms with Gasteiger partial charge in [-0.1, -0.05) is 18.2 Å². The van der Waals surface area contributed by atoms with Crippen LogP contribution in [0.4, 0.5) is 17.1 Å². The highest BCUT2D eigenvalue weighted by atomic mass is 16.5. The summed E-state index contributed by atoms with van der Waals surface area (Å²) in [6, 6.07) is 12.7. The van der Waals surface area contributed by atoms with Crippen LogP contribution in [0.15, 0.2) is 42.5 Å². The van der Waals surface area contributed by atoms with E-state index >= 15 is 0 Å². The van der Waals surface area contributed by atoms with E-state index in [9.17, 15) is 14.4 Å². The Hall–Kier alpha value is -3.35. The van der Waals surface area contributed by atoms with Gasteiger partial charge in [0.15, 0.2) is 6.61 Å². The van der Waals surface area contributed by atoms with Gasteiger partial charge in [0.25, 0.3) is 5.91 Å². The summed E-state index contributed by atoms with van der Waals surface area (Å²) in [7, 11) is 0. The van der Waals surface area contributed by atoms with Crippen molar-refractivity contribution in [2.24, 2.45) is 5.92 Å². The lowest BCUT2D eigenvalue weighted by Gasteiger charge is -2.20. The lowest BCUT2D eigenvalue weighted by atomic mass is 10.1. The molecule has 1 fully saturated rings. The van der Waals surface area contributed by atoms with Crippen molar-refractivity contribution in [1.82, 2.24) is 0 Å². The number of anilines is 3. The minimum absolute atomic E-state index is 0.0487. The van der Waals surface area contributed by atoms with Crippen LogP contribution in [-0.4, -0.2) is 30.9 Å². The van der Waals surface area contributed by atoms with Gasteiger partial charge in [0.05, 0.1) is 11.6 Å². The SMILES string of the molecule is Cc1ccccc1N1C[C@@H](C(=O)Nc2ccc3c(c2)OCC(=O)N3)CC1=O. The summed E-state index contributed by atoms with van der Waals surface area (Å²) in [6.07, 6.45) is 0.178. The van der Waals surface area contributed by atoms with E-state index in [4.69, 9.17) is 4.74 Å². The predicted molar refractivity (Wildman–Crippen MR) is 101 cm³/mol. The number of hydrogen-bond donors (Lipinski definition) is 2. The number of amides is 3. The summed E-state index contributed by atoms with van der Waals surface area (Å²) in [5.41, 5.74) is 2.99. The maximum absolute atomic E-state index is 12.6. The molecule has 27 heavy (non-hydrogen) atoms. The maximum Gasteiger partial charge on any atom is 0.262 e. The molecule has 2 heterocycles. The summed E-state index contributed by atoms with van der Waals surface area (Å²) >= 11 is 0. The second-order valence-corrected chi connectivity index (χ2v) is 6.73. The normalized spacial score (nSPS) is 18.6. The van der Waals surface area contributed by atoms with Gasteiger partial charge in [-0.3, -0.25) is 14.4 Å². The first-order chi connectivity index (χ1) is 13.0. The molecular weight excluding hydrogens is 346 g/mol. The molecule has 2 aromatic rings. The minimum atomic E-state index is -0.422. The molecule has 0 aromatic heterocycles. The monoisotopic (exact) mass is 365 g/mol. The van der Waals surface area contributed by atoms with Crippen LogP contribution in [0.5, 0.6) is 5.75 Å². The Balaban J connectivity index is 1.46. The van der Waals surface area contributed by atoms with Crippen molar-refractivity contribution in [3.8, 4) is 5.75 Å². The van der Waals surface area contributed by atoms with Crippen molar-refractivity contribution in [1.29, 1.82) is 0 Å². The number of para-hydroxylation sites is 1. The fraction of sp³-hybridized carbons (Fsp3) is 0.250. The van der Waals surface area contributed by atoms with Crippen LogP contribution >= 0.6 is 0 Å². The molecule has 0 unspecified atom stereocenters. The maximum atomic E-state index is 12.6. The van der Waals surface area contributed by atoms with Crippen LogP contribution in [0.1, 0.15) is 12.0 Å². The molecular formula is C20H19N3O4. The predicted octanol–water partition coefficient (Wildman–Crippen LogP) is 2.32. The summed E-state index contributed by atoms with van der Waals surface area (Å²) in [4.78, 5) is 38.0. The largest absolute Gasteiger partial charge is 0.482 e. The molecule has 3 amide bonds. The summed E-state index contributed by atoms with van der Waals surface area (Å²) in [5, 5.41) is 5.54. The third kappa shape index (κ3) is 3.36. The number of nitrogens with one attached hydrogen (secondary N) is 2. The molecule has 0 aliphatic carbocycles. The highest BCUT2D eigenvalue weighted by Crippen LogP contribution is 2.32. The van der Waals surface area contributed by atoms with Gasteiger partial charge < -0.3 is 20.3 Å². The molecule has 0 saturated carbocycles. The number of nitrogens with zero attached hydrogens (tertiary/aromatic N) is 1. The zero-order chi connectivity index (χ0) is 19.0. The van der Waals surface area contributed by atoms with Gasteiger partial charge in [0.1, 0.15) is 5.75 Å². The van der Waals surface area contributed by atoms with Gasteiger partial charge in [0.2, 0.25) is 11.8 Å². The zero-order valence-electron chi connectivity index (χ0n) is 14.8. The number of benzene rings is 2. The molecule has 2 aromatic carbocycles. The third-order valence-electron chi connectivity index (χ3n) is 4.78. The van der Waals surface area contributed by atoms with Gasteiger partial charge in [-0.05, 0) is 30.7 Å². The van der Waals surface area contributed by atoms with Gasteiger partial charge in [-0.25, -0.2) is 0 Å². The Morgan fingerprint density at radius 3 is 2.85 bits per heavy atom. The lowest BCUT2D eigenvalue weighted by Crippen LogP contribution is -2.28. The number of ether oxygens (including phenoxy) is 1. The summed E-state index contributed by atoms with van der Waals surface area (Å²) < 4.78 is 5.36. The fourth-order valence-electron chi connectivity index (χ4n) is 3.38. The van der Waals surface area contributed by atoms with Gasteiger partial charge in [-0.2, -0.15) is 0 Å². The molecule has 0 bridgehead atoms. The van der Waals surface area contributed by atoms with E-state index in [1.165, 1.54) is 0 Å².